The van der Waals surface area contributed by atoms with E-state index in [-0.39, 0.29) is 18.4 Å². The number of amides is 1. The summed E-state index contributed by atoms with van der Waals surface area (Å²) >= 11 is 0. The van der Waals surface area contributed by atoms with Crippen LogP contribution in [0.3, 0.4) is 0 Å². The van der Waals surface area contributed by atoms with Crippen molar-refractivity contribution in [3.8, 4) is 0 Å². The van der Waals surface area contributed by atoms with E-state index in [1.54, 1.807) is 4.90 Å². The monoisotopic (exact) mass is 251 g/mol. The zero-order chi connectivity index (χ0) is 13.1. The molecule has 1 rings (SSSR count). The minimum atomic E-state index is -4.16. The molecule has 1 aliphatic heterocycles. The van der Waals surface area contributed by atoms with Gasteiger partial charge in [-0.3, -0.25) is 4.79 Å². The van der Waals surface area contributed by atoms with Crippen LogP contribution >= 0.6 is 0 Å². The highest BCUT2D eigenvalue weighted by molar-refractivity contribution is 5.77. The van der Waals surface area contributed by atoms with E-state index in [0.29, 0.717) is 19.4 Å². The standard InChI is InChI=1S/C12H20F3NO/c1-3-9(2)16-6-4-5-10(7-11(16)17)8-12(13,14)15/h9-10H,3-8H2,1-2H3. The highest BCUT2D eigenvalue weighted by Crippen LogP contribution is 2.31. The Labute approximate surface area is 100 Å². The Kier molecular flexibility index (Phi) is 4.83. The first-order valence-electron chi connectivity index (χ1n) is 6.19. The zero-order valence-electron chi connectivity index (χ0n) is 10.4. The predicted octanol–water partition coefficient (Wildman–Crippen LogP) is 3.37. The molecule has 0 spiro atoms. The second-order valence-electron chi connectivity index (χ2n) is 4.88. The first-order valence-corrected chi connectivity index (χ1v) is 6.19. The smallest absolute Gasteiger partial charge is 0.340 e. The van der Waals surface area contributed by atoms with Crippen LogP contribution in [0.15, 0.2) is 0 Å². The van der Waals surface area contributed by atoms with Crippen molar-refractivity contribution in [3.63, 3.8) is 0 Å². The molecule has 2 unspecified atom stereocenters. The van der Waals surface area contributed by atoms with Gasteiger partial charge in [-0.25, -0.2) is 0 Å². The second-order valence-corrected chi connectivity index (χ2v) is 4.88. The third-order valence-electron chi connectivity index (χ3n) is 3.44. The topological polar surface area (TPSA) is 20.3 Å². The molecular weight excluding hydrogens is 231 g/mol. The number of carbonyl (C=O) groups excluding carboxylic acids is 1. The molecule has 0 aliphatic carbocycles. The minimum Gasteiger partial charge on any atom is -0.340 e. The van der Waals surface area contributed by atoms with E-state index in [9.17, 15) is 18.0 Å². The molecule has 0 N–H and O–H groups in total. The van der Waals surface area contributed by atoms with Gasteiger partial charge in [0.1, 0.15) is 0 Å². The van der Waals surface area contributed by atoms with Gasteiger partial charge in [-0.15, -0.1) is 0 Å². The van der Waals surface area contributed by atoms with Crippen molar-refractivity contribution in [1.82, 2.24) is 4.90 Å². The quantitative estimate of drug-likeness (QED) is 0.753. The Balaban J connectivity index is 2.59. The lowest BCUT2D eigenvalue weighted by molar-refractivity contribution is -0.148. The molecular formula is C12H20F3NO. The molecule has 17 heavy (non-hydrogen) atoms. The lowest BCUT2D eigenvalue weighted by Crippen LogP contribution is -2.38. The molecule has 100 valence electrons. The Hall–Kier alpha value is -0.740. The summed E-state index contributed by atoms with van der Waals surface area (Å²) in [6, 6.07) is 0.132. The maximum absolute atomic E-state index is 12.3. The number of nitrogens with zero attached hydrogens (tertiary/aromatic N) is 1. The number of likely N-dealkylation sites (tertiary alicyclic amines) is 1. The van der Waals surface area contributed by atoms with Crippen LogP contribution in [0, 0.1) is 5.92 Å². The SMILES string of the molecule is CCC(C)N1CCCC(CC(F)(F)F)CC1=O. The van der Waals surface area contributed by atoms with E-state index in [4.69, 9.17) is 0 Å². The number of hydrogen-bond acceptors (Lipinski definition) is 1. The summed E-state index contributed by atoms with van der Waals surface area (Å²) in [5.41, 5.74) is 0. The third-order valence-corrected chi connectivity index (χ3v) is 3.44. The Morgan fingerprint density at radius 1 is 1.47 bits per heavy atom. The molecule has 1 fully saturated rings. The third kappa shape index (κ3) is 4.56. The van der Waals surface area contributed by atoms with Crippen LogP contribution in [-0.2, 0) is 4.79 Å². The van der Waals surface area contributed by atoms with E-state index < -0.39 is 18.5 Å². The van der Waals surface area contributed by atoms with Crippen molar-refractivity contribution in [2.45, 2.75) is 58.2 Å². The summed E-state index contributed by atoms with van der Waals surface area (Å²) in [4.78, 5) is 13.6. The summed E-state index contributed by atoms with van der Waals surface area (Å²) in [6.07, 6.45) is -2.92. The van der Waals surface area contributed by atoms with Crippen LogP contribution in [0.1, 0.15) is 46.0 Å². The van der Waals surface area contributed by atoms with Gasteiger partial charge in [-0.05, 0) is 32.1 Å². The van der Waals surface area contributed by atoms with Crippen LogP contribution in [0.25, 0.3) is 0 Å². The van der Waals surface area contributed by atoms with E-state index in [0.717, 1.165) is 6.42 Å². The molecule has 0 aromatic heterocycles. The molecule has 5 heteroatoms. The molecule has 0 saturated carbocycles. The van der Waals surface area contributed by atoms with Gasteiger partial charge >= 0.3 is 6.18 Å². The molecule has 2 atom stereocenters. The molecule has 1 amide bonds. The number of rotatable bonds is 3. The predicted molar refractivity (Wildman–Crippen MR) is 59.5 cm³/mol. The van der Waals surface area contributed by atoms with Crippen LogP contribution in [0.2, 0.25) is 0 Å². The first kappa shape index (κ1) is 14.3. The molecule has 1 saturated heterocycles. The molecule has 0 radical (unpaired) electrons. The average Bonchev–Trinajstić information content (AvgIpc) is 2.36. The number of carbonyl (C=O) groups is 1. The van der Waals surface area contributed by atoms with Gasteiger partial charge in [-0.1, -0.05) is 6.92 Å². The van der Waals surface area contributed by atoms with Crippen molar-refractivity contribution in [2.24, 2.45) is 5.92 Å². The largest absolute Gasteiger partial charge is 0.389 e. The molecule has 1 aliphatic rings. The Bertz CT molecular complexity index is 265. The molecule has 0 aromatic rings. The minimum absolute atomic E-state index is 0.0455. The lowest BCUT2D eigenvalue weighted by atomic mass is 9.96. The van der Waals surface area contributed by atoms with Gasteiger partial charge in [0.15, 0.2) is 0 Å². The first-order chi connectivity index (χ1) is 7.83. The maximum atomic E-state index is 12.3. The highest BCUT2D eigenvalue weighted by Gasteiger charge is 2.35. The van der Waals surface area contributed by atoms with Crippen LogP contribution in [0.5, 0.6) is 0 Å². The van der Waals surface area contributed by atoms with E-state index in [1.807, 2.05) is 13.8 Å². The number of alkyl halides is 3. The van der Waals surface area contributed by atoms with Crippen molar-refractivity contribution in [1.29, 1.82) is 0 Å². The van der Waals surface area contributed by atoms with Crippen LogP contribution < -0.4 is 0 Å². The molecule has 2 nitrogen and oxygen atoms in total. The molecule has 0 aromatic carbocycles. The number of halogens is 3. The van der Waals surface area contributed by atoms with Crippen LogP contribution in [-0.4, -0.2) is 29.6 Å². The van der Waals surface area contributed by atoms with Gasteiger partial charge < -0.3 is 4.90 Å². The van der Waals surface area contributed by atoms with Crippen molar-refractivity contribution < 1.29 is 18.0 Å². The van der Waals surface area contributed by atoms with Crippen molar-refractivity contribution >= 4 is 5.91 Å². The fraction of sp³-hybridized carbons (Fsp3) is 0.917. The van der Waals surface area contributed by atoms with Gasteiger partial charge in [0.05, 0.1) is 0 Å². The summed E-state index contributed by atoms with van der Waals surface area (Å²) < 4.78 is 36.9. The van der Waals surface area contributed by atoms with Gasteiger partial charge in [-0.2, -0.15) is 13.2 Å². The van der Waals surface area contributed by atoms with E-state index >= 15 is 0 Å². The fourth-order valence-electron chi connectivity index (χ4n) is 2.33. The van der Waals surface area contributed by atoms with Crippen molar-refractivity contribution in [3.05, 3.63) is 0 Å². The normalized spacial score (nSPS) is 24.6. The molecule has 0 bridgehead atoms. The summed E-state index contributed by atoms with van der Waals surface area (Å²) in [5, 5.41) is 0. The van der Waals surface area contributed by atoms with Gasteiger partial charge in [0.25, 0.3) is 0 Å². The van der Waals surface area contributed by atoms with E-state index in [2.05, 4.69) is 0 Å². The van der Waals surface area contributed by atoms with Gasteiger partial charge in [0, 0.05) is 25.4 Å². The summed E-state index contributed by atoms with van der Waals surface area (Å²) in [7, 11) is 0. The summed E-state index contributed by atoms with van der Waals surface area (Å²) in [6.45, 7) is 4.53. The number of hydrogen-bond donors (Lipinski definition) is 0. The zero-order valence-corrected chi connectivity index (χ0v) is 10.4. The van der Waals surface area contributed by atoms with E-state index in [1.165, 1.54) is 0 Å². The Morgan fingerprint density at radius 3 is 2.65 bits per heavy atom. The molecule has 1 heterocycles. The highest BCUT2D eigenvalue weighted by atomic mass is 19.4. The van der Waals surface area contributed by atoms with Crippen molar-refractivity contribution in [2.75, 3.05) is 6.54 Å². The fourth-order valence-corrected chi connectivity index (χ4v) is 2.33. The summed E-state index contributed by atoms with van der Waals surface area (Å²) in [5.74, 6) is -0.650. The lowest BCUT2D eigenvalue weighted by Gasteiger charge is -2.27. The van der Waals surface area contributed by atoms with Gasteiger partial charge in [0.2, 0.25) is 5.91 Å². The Morgan fingerprint density at radius 2 is 2.12 bits per heavy atom. The second kappa shape index (κ2) is 5.74. The maximum Gasteiger partial charge on any atom is 0.389 e. The van der Waals surface area contributed by atoms with Crippen LogP contribution in [0.4, 0.5) is 13.2 Å². The average molecular weight is 251 g/mol.